The summed E-state index contributed by atoms with van der Waals surface area (Å²) in [6.07, 6.45) is 0.414. The van der Waals surface area contributed by atoms with E-state index >= 15 is 0 Å². The molecular weight excluding hydrogens is 275 g/mol. The van der Waals surface area contributed by atoms with Crippen molar-refractivity contribution in [2.45, 2.75) is 6.42 Å². The molecule has 1 aromatic rings. The molecule has 0 atom stereocenters. The van der Waals surface area contributed by atoms with Crippen molar-refractivity contribution in [2.75, 3.05) is 31.6 Å². The Hall–Kier alpha value is -1.37. The summed E-state index contributed by atoms with van der Waals surface area (Å²) in [6, 6.07) is 3.41. The number of urea groups is 1. The van der Waals surface area contributed by atoms with Gasteiger partial charge in [0.2, 0.25) is 0 Å². The number of nitrogens with one attached hydrogen (secondary N) is 1. The summed E-state index contributed by atoms with van der Waals surface area (Å²) in [4.78, 5) is 13.2. The fraction of sp³-hybridized carbons (Fsp3) is 0.417. The lowest BCUT2D eigenvalue weighted by Crippen LogP contribution is -2.38. The lowest BCUT2D eigenvalue weighted by atomic mass is 10.3. The zero-order valence-electron chi connectivity index (χ0n) is 10.3. The summed E-state index contributed by atoms with van der Waals surface area (Å²) in [5, 5.41) is 20.1. The van der Waals surface area contributed by atoms with Gasteiger partial charge >= 0.3 is 6.03 Å². The van der Waals surface area contributed by atoms with Gasteiger partial charge in [-0.3, -0.25) is 0 Å². The summed E-state index contributed by atoms with van der Waals surface area (Å²) in [5.74, 6) is -0.563. The van der Waals surface area contributed by atoms with Crippen LogP contribution in [-0.4, -0.2) is 47.4 Å². The maximum absolute atomic E-state index is 13.0. The van der Waals surface area contributed by atoms with Gasteiger partial charge in [0.05, 0.1) is 11.6 Å². The van der Waals surface area contributed by atoms with E-state index in [1.807, 2.05) is 0 Å². The second-order valence-corrected chi connectivity index (χ2v) is 4.25. The van der Waals surface area contributed by atoms with Crippen molar-refractivity contribution in [3.63, 3.8) is 0 Å². The van der Waals surface area contributed by atoms with Gasteiger partial charge in [-0.1, -0.05) is 11.6 Å². The first-order valence-corrected chi connectivity index (χ1v) is 6.19. The van der Waals surface area contributed by atoms with E-state index < -0.39 is 11.8 Å². The number of carbonyl (C=O) groups excluding carboxylic acids is 1. The highest BCUT2D eigenvalue weighted by Gasteiger charge is 2.13. The number of carbonyl (C=O) groups is 1. The Morgan fingerprint density at radius 3 is 2.63 bits per heavy atom. The number of aliphatic hydroxyl groups excluding tert-OH is 2. The normalized spacial score (nSPS) is 10.3. The van der Waals surface area contributed by atoms with E-state index in [-0.39, 0.29) is 24.8 Å². The van der Waals surface area contributed by atoms with E-state index in [4.69, 9.17) is 21.8 Å². The van der Waals surface area contributed by atoms with Gasteiger partial charge in [0.1, 0.15) is 5.82 Å². The molecule has 0 heterocycles. The van der Waals surface area contributed by atoms with Crippen LogP contribution in [0.3, 0.4) is 0 Å². The number of rotatable bonds is 6. The number of amides is 2. The Balaban J connectivity index is 2.66. The van der Waals surface area contributed by atoms with Crippen LogP contribution >= 0.6 is 11.6 Å². The topological polar surface area (TPSA) is 72.8 Å². The van der Waals surface area contributed by atoms with Crippen molar-refractivity contribution in [1.29, 1.82) is 0 Å². The Morgan fingerprint density at radius 2 is 2.05 bits per heavy atom. The zero-order valence-corrected chi connectivity index (χ0v) is 11.0. The summed E-state index contributed by atoms with van der Waals surface area (Å²) in [7, 11) is 0. The summed E-state index contributed by atoms with van der Waals surface area (Å²) < 4.78 is 13.0. The maximum Gasteiger partial charge on any atom is 0.321 e. The quantitative estimate of drug-likeness (QED) is 0.746. The molecule has 0 bridgehead atoms. The summed E-state index contributed by atoms with van der Waals surface area (Å²) in [5.41, 5.74) is 0.364. The first-order valence-electron chi connectivity index (χ1n) is 5.81. The first kappa shape index (κ1) is 15.7. The first-order chi connectivity index (χ1) is 9.08. The highest BCUT2D eigenvalue weighted by Crippen LogP contribution is 2.19. The SMILES string of the molecule is O=C(Nc1ccc(F)c(Cl)c1)N(CCO)CCCO. The van der Waals surface area contributed by atoms with Crippen LogP contribution in [0.1, 0.15) is 6.42 Å². The lowest BCUT2D eigenvalue weighted by molar-refractivity contribution is 0.180. The van der Waals surface area contributed by atoms with Crippen molar-refractivity contribution in [1.82, 2.24) is 4.90 Å². The van der Waals surface area contributed by atoms with Gasteiger partial charge in [-0.2, -0.15) is 0 Å². The van der Waals surface area contributed by atoms with Crippen LogP contribution in [0.15, 0.2) is 18.2 Å². The second kappa shape index (κ2) is 7.93. The Kier molecular flexibility index (Phi) is 6.55. The van der Waals surface area contributed by atoms with Crippen molar-refractivity contribution in [3.8, 4) is 0 Å². The van der Waals surface area contributed by atoms with E-state index in [1.165, 1.54) is 17.0 Å². The van der Waals surface area contributed by atoms with Crippen LogP contribution in [-0.2, 0) is 0 Å². The average molecular weight is 291 g/mol. The van der Waals surface area contributed by atoms with Gasteiger partial charge in [-0.05, 0) is 24.6 Å². The molecule has 2 amide bonds. The summed E-state index contributed by atoms with van der Waals surface area (Å²) >= 11 is 5.61. The Bertz CT molecular complexity index is 431. The Morgan fingerprint density at radius 1 is 1.32 bits per heavy atom. The van der Waals surface area contributed by atoms with Crippen molar-refractivity contribution >= 4 is 23.3 Å². The molecule has 1 rings (SSSR count). The van der Waals surface area contributed by atoms with Crippen LogP contribution in [0.25, 0.3) is 0 Å². The van der Waals surface area contributed by atoms with Crippen LogP contribution in [0.5, 0.6) is 0 Å². The third-order valence-corrected chi connectivity index (χ3v) is 2.70. The molecule has 0 spiro atoms. The van der Waals surface area contributed by atoms with E-state index in [0.29, 0.717) is 18.7 Å². The molecule has 0 fully saturated rings. The summed E-state index contributed by atoms with van der Waals surface area (Å²) in [6.45, 7) is 0.249. The number of aliphatic hydroxyl groups is 2. The van der Waals surface area contributed by atoms with Gasteiger partial charge in [-0.25, -0.2) is 9.18 Å². The van der Waals surface area contributed by atoms with Gasteiger partial charge in [0.25, 0.3) is 0 Å². The number of benzene rings is 1. The fourth-order valence-electron chi connectivity index (χ4n) is 1.47. The van der Waals surface area contributed by atoms with Gasteiger partial charge in [-0.15, -0.1) is 0 Å². The molecule has 19 heavy (non-hydrogen) atoms. The van der Waals surface area contributed by atoms with Crippen LogP contribution in [0.2, 0.25) is 5.02 Å². The standard InChI is InChI=1S/C12H16ClFN2O3/c13-10-8-9(2-3-11(10)14)15-12(19)16(5-7-18)4-1-6-17/h2-3,8,17-18H,1,4-7H2,(H,15,19). The molecule has 0 radical (unpaired) electrons. The molecular formula is C12H16ClFN2O3. The molecule has 7 heteroatoms. The monoisotopic (exact) mass is 290 g/mol. The second-order valence-electron chi connectivity index (χ2n) is 3.85. The molecule has 1 aromatic carbocycles. The molecule has 5 nitrogen and oxygen atoms in total. The number of hydrogen-bond acceptors (Lipinski definition) is 3. The van der Waals surface area contributed by atoms with Crippen molar-refractivity contribution in [3.05, 3.63) is 29.0 Å². The minimum absolute atomic E-state index is 0.0441. The highest BCUT2D eigenvalue weighted by atomic mass is 35.5. The van der Waals surface area contributed by atoms with Crippen LogP contribution in [0.4, 0.5) is 14.9 Å². The predicted octanol–water partition coefficient (Wildman–Crippen LogP) is 1.69. The van der Waals surface area contributed by atoms with Crippen LogP contribution in [0, 0.1) is 5.82 Å². The molecule has 0 saturated heterocycles. The van der Waals surface area contributed by atoms with E-state index in [1.54, 1.807) is 0 Å². The maximum atomic E-state index is 13.0. The van der Waals surface area contributed by atoms with E-state index in [0.717, 1.165) is 6.07 Å². The molecule has 0 aromatic heterocycles. The molecule has 0 saturated carbocycles. The molecule has 3 N–H and O–H groups in total. The van der Waals surface area contributed by atoms with Crippen LogP contribution < -0.4 is 5.32 Å². The number of nitrogens with zero attached hydrogens (tertiary/aromatic N) is 1. The molecule has 0 unspecified atom stereocenters. The molecule has 0 aliphatic carbocycles. The van der Waals surface area contributed by atoms with Gasteiger partial charge in [0, 0.05) is 25.4 Å². The third kappa shape index (κ3) is 5.02. The molecule has 106 valence electrons. The smallest absolute Gasteiger partial charge is 0.321 e. The number of halogens is 2. The molecule has 0 aliphatic rings. The van der Waals surface area contributed by atoms with E-state index in [9.17, 15) is 9.18 Å². The minimum Gasteiger partial charge on any atom is -0.396 e. The number of anilines is 1. The highest BCUT2D eigenvalue weighted by molar-refractivity contribution is 6.31. The average Bonchev–Trinajstić information content (AvgIpc) is 2.38. The number of hydrogen-bond donors (Lipinski definition) is 3. The van der Waals surface area contributed by atoms with Crippen molar-refractivity contribution < 1.29 is 19.4 Å². The lowest BCUT2D eigenvalue weighted by Gasteiger charge is -2.21. The van der Waals surface area contributed by atoms with Crippen molar-refractivity contribution in [2.24, 2.45) is 0 Å². The third-order valence-electron chi connectivity index (χ3n) is 2.41. The predicted molar refractivity (Wildman–Crippen MR) is 70.8 cm³/mol. The largest absolute Gasteiger partial charge is 0.396 e. The fourth-order valence-corrected chi connectivity index (χ4v) is 1.65. The van der Waals surface area contributed by atoms with Gasteiger partial charge < -0.3 is 20.4 Å². The zero-order chi connectivity index (χ0) is 14.3. The Labute approximate surface area is 115 Å². The van der Waals surface area contributed by atoms with Gasteiger partial charge in [0.15, 0.2) is 0 Å². The molecule has 0 aliphatic heterocycles. The minimum atomic E-state index is -0.563. The van der Waals surface area contributed by atoms with E-state index in [2.05, 4.69) is 5.32 Å².